The summed E-state index contributed by atoms with van der Waals surface area (Å²) >= 11 is 0. The molecule has 3 aromatic heterocycles. The Hall–Kier alpha value is -4.82. The van der Waals surface area contributed by atoms with Crippen LogP contribution in [0.15, 0.2) is 97.5 Å². The molecule has 7 nitrogen and oxygen atoms in total. The van der Waals surface area contributed by atoms with Gasteiger partial charge in [0.05, 0.1) is 29.3 Å². The van der Waals surface area contributed by atoms with Gasteiger partial charge in [0.1, 0.15) is 18.2 Å². The largest absolute Gasteiger partial charge is 0.490 e. The maximum atomic E-state index is 13.8. The van der Waals surface area contributed by atoms with E-state index < -0.39 is 0 Å². The van der Waals surface area contributed by atoms with Crippen molar-refractivity contribution in [2.75, 3.05) is 6.61 Å². The van der Waals surface area contributed by atoms with E-state index in [9.17, 15) is 4.39 Å². The van der Waals surface area contributed by atoms with Crippen molar-refractivity contribution in [3.63, 3.8) is 0 Å². The van der Waals surface area contributed by atoms with Gasteiger partial charge >= 0.3 is 0 Å². The fourth-order valence-corrected chi connectivity index (χ4v) is 4.66. The highest BCUT2D eigenvalue weighted by Crippen LogP contribution is 2.35. The third-order valence-electron chi connectivity index (χ3n) is 6.65. The second-order valence-electron chi connectivity index (χ2n) is 9.56. The molecule has 0 unspecified atom stereocenters. The lowest BCUT2D eigenvalue weighted by Gasteiger charge is -2.15. The van der Waals surface area contributed by atoms with Crippen LogP contribution in [0, 0.1) is 12.7 Å². The molecule has 0 saturated carbocycles. The number of hydrogen-bond acceptors (Lipinski definition) is 5. The van der Waals surface area contributed by atoms with Crippen molar-refractivity contribution in [3.05, 3.63) is 115 Å². The van der Waals surface area contributed by atoms with Gasteiger partial charge in [-0.15, -0.1) is 0 Å². The van der Waals surface area contributed by atoms with Crippen molar-refractivity contribution >= 4 is 10.9 Å². The first-order chi connectivity index (χ1) is 19.0. The van der Waals surface area contributed by atoms with Crippen LogP contribution in [-0.4, -0.2) is 37.6 Å². The number of nitrogens with one attached hydrogen (secondary N) is 1. The third-order valence-corrected chi connectivity index (χ3v) is 6.65. The number of halogens is 1. The molecular formula is C31H27FN6O. The van der Waals surface area contributed by atoms with Crippen LogP contribution in [0.3, 0.4) is 0 Å². The van der Waals surface area contributed by atoms with Gasteiger partial charge in [-0.2, -0.15) is 10.2 Å². The van der Waals surface area contributed by atoms with E-state index in [0.717, 1.165) is 45.4 Å². The first-order valence-corrected chi connectivity index (χ1v) is 12.7. The molecule has 0 aliphatic heterocycles. The Morgan fingerprint density at radius 1 is 0.974 bits per heavy atom. The Morgan fingerprint density at radius 3 is 2.69 bits per heavy atom. The van der Waals surface area contributed by atoms with Crippen molar-refractivity contribution in [2.45, 2.75) is 19.4 Å². The molecule has 3 aromatic carbocycles. The van der Waals surface area contributed by atoms with Crippen LogP contribution in [0.25, 0.3) is 39.0 Å². The van der Waals surface area contributed by atoms with Gasteiger partial charge < -0.3 is 10.5 Å². The minimum atomic E-state index is -0.320. The van der Waals surface area contributed by atoms with E-state index in [1.807, 2.05) is 49.5 Å². The van der Waals surface area contributed by atoms with Gasteiger partial charge in [0.2, 0.25) is 0 Å². The van der Waals surface area contributed by atoms with Gasteiger partial charge in [-0.25, -0.2) is 9.07 Å². The molecular weight excluding hydrogens is 491 g/mol. The Balaban J connectivity index is 1.34. The summed E-state index contributed by atoms with van der Waals surface area (Å²) in [7, 11) is 0. The summed E-state index contributed by atoms with van der Waals surface area (Å²) in [6.07, 6.45) is 6.00. The number of aryl methyl sites for hydroxylation is 1. The Morgan fingerprint density at radius 2 is 1.85 bits per heavy atom. The average molecular weight is 519 g/mol. The number of benzene rings is 3. The normalized spacial score (nSPS) is 12.1. The quantitative estimate of drug-likeness (QED) is 0.263. The molecule has 3 heterocycles. The molecule has 39 heavy (non-hydrogen) atoms. The van der Waals surface area contributed by atoms with Gasteiger partial charge in [-0.1, -0.05) is 42.5 Å². The number of aromatic nitrogens is 5. The van der Waals surface area contributed by atoms with Crippen molar-refractivity contribution in [2.24, 2.45) is 5.73 Å². The molecule has 6 rings (SSSR count). The summed E-state index contributed by atoms with van der Waals surface area (Å²) in [4.78, 5) is 4.79. The van der Waals surface area contributed by atoms with Gasteiger partial charge in [0.15, 0.2) is 0 Å². The molecule has 0 radical (unpaired) electrons. The number of H-pyrrole nitrogens is 1. The van der Waals surface area contributed by atoms with Crippen LogP contribution in [0.1, 0.15) is 11.3 Å². The maximum absolute atomic E-state index is 13.8. The number of fused-ring (bicyclic) bond motifs is 1. The smallest absolute Gasteiger partial charge is 0.138 e. The van der Waals surface area contributed by atoms with E-state index in [0.29, 0.717) is 18.0 Å². The Labute approximate surface area is 225 Å². The number of rotatable bonds is 8. The predicted molar refractivity (Wildman–Crippen MR) is 150 cm³/mol. The van der Waals surface area contributed by atoms with Crippen LogP contribution in [-0.2, 0) is 6.42 Å². The molecule has 6 aromatic rings. The molecule has 0 aliphatic rings. The Kier molecular flexibility index (Phi) is 6.61. The standard InChI is InChI=1S/C31H27FN6O/c1-20-28-13-22(10-11-30(28)37-36-20)29-15-27(39-19-25(33)12-21-6-3-2-4-7-21)17-34-31(29)23-16-35-38(18-23)26-9-5-8-24(32)14-26/h2-11,13-18,25H,12,19,33H2,1H3,(H,36,37)/t25-/m0/s1. The molecule has 0 aliphatic carbocycles. The van der Waals surface area contributed by atoms with Gasteiger partial charge in [-0.3, -0.25) is 10.1 Å². The van der Waals surface area contributed by atoms with Gasteiger partial charge in [0.25, 0.3) is 0 Å². The van der Waals surface area contributed by atoms with Crippen molar-refractivity contribution in [3.8, 4) is 33.8 Å². The molecule has 0 fully saturated rings. The number of pyridine rings is 1. The lowest BCUT2D eigenvalue weighted by atomic mass is 9.99. The fraction of sp³-hybridized carbons (Fsp3) is 0.129. The zero-order chi connectivity index (χ0) is 26.8. The summed E-state index contributed by atoms with van der Waals surface area (Å²) in [6, 6.07) is 24.4. The monoisotopic (exact) mass is 518 g/mol. The summed E-state index contributed by atoms with van der Waals surface area (Å²) in [5, 5.41) is 12.9. The van der Waals surface area contributed by atoms with Crippen LogP contribution in [0.5, 0.6) is 5.75 Å². The van der Waals surface area contributed by atoms with E-state index in [1.165, 1.54) is 17.7 Å². The van der Waals surface area contributed by atoms with Crippen molar-refractivity contribution in [1.82, 2.24) is 25.0 Å². The van der Waals surface area contributed by atoms with Crippen LogP contribution < -0.4 is 10.5 Å². The molecule has 0 bridgehead atoms. The summed E-state index contributed by atoms with van der Waals surface area (Å²) in [5.74, 6) is 0.304. The molecule has 194 valence electrons. The zero-order valence-corrected chi connectivity index (χ0v) is 21.4. The number of aromatic amines is 1. The SMILES string of the molecule is Cc1[nH]nc2ccc(-c3cc(OC[C@@H](N)Cc4ccccc4)cnc3-c3cnn(-c4cccc(F)c4)c3)cc12. The topological polar surface area (TPSA) is 94.6 Å². The van der Waals surface area contributed by atoms with Crippen LogP contribution >= 0.6 is 0 Å². The Bertz CT molecular complexity index is 1740. The number of nitrogens with zero attached hydrogens (tertiary/aromatic N) is 4. The highest BCUT2D eigenvalue weighted by molar-refractivity contribution is 5.90. The van der Waals surface area contributed by atoms with E-state index in [-0.39, 0.29) is 11.9 Å². The van der Waals surface area contributed by atoms with E-state index in [2.05, 4.69) is 33.5 Å². The summed E-state index contributed by atoms with van der Waals surface area (Å²) < 4.78 is 21.6. The molecule has 8 heteroatoms. The first-order valence-electron chi connectivity index (χ1n) is 12.7. The lowest BCUT2D eigenvalue weighted by molar-refractivity contribution is 0.287. The van der Waals surface area contributed by atoms with Gasteiger partial charge in [-0.05, 0) is 60.9 Å². The van der Waals surface area contributed by atoms with Crippen molar-refractivity contribution in [1.29, 1.82) is 0 Å². The highest BCUT2D eigenvalue weighted by atomic mass is 19.1. The van der Waals surface area contributed by atoms with Crippen LogP contribution in [0.2, 0.25) is 0 Å². The fourth-order valence-electron chi connectivity index (χ4n) is 4.66. The third kappa shape index (κ3) is 5.28. The second-order valence-corrected chi connectivity index (χ2v) is 9.56. The highest BCUT2D eigenvalue weighted by Gasteiger charge is 2.16. The maximum Gasteiger partial charge on any atom is 0.138 e. The van der Waals surface area contributed by atoms with E-state index >= 15 is 0 Å². The minimum absolute atomic E-state index is 0.162. The van der Waals surface area contributed by atoms with E-state index in [1.54, 1.807) is 29.2 Å². The molecule has 0 amide bonds. The molecule has 1 atom stereocenters. The second kappa shape index (κ2) is 10.5. The minimum Gasteiger partial charge on any atom is -0.490 e. The molecule has 0 spiro atoms. The van der Waals surface area contributed by atoms with Crippen molar-refractivity contribution < 1.29 is 9.13 Å². The average Bonchev–Trinajstić information content (AvgIpc) is 3.59. The van der Waals surface area contributed by atoms with E-state index in [4.69, 9.17) is 15.5 Å². The number of ether oxygens (including phenoxy) is 1. The lowest BCUT2D eigenvalue weighted by Crippen LogP contribution is -2.30. The number of hydrogen-bond donors (Lipinski definition) is 2. The molecule has 0 saturated heterocycles. The predicted octanol–water partition coefficient (Wildman–Crippen LogP) is 5.87. The first kappa shape index (κ1) is 24.5. The van der Waals surface area contributed by atoms with Crippen LogP contribution in [0.4, 0.5) is 4.39 Å². The summed E-state index contributed by atoms with van der Waals surface area (Å²) in [5.41, 5.74) is 13.4. The van der Waals surface area contributed by atoms with Gasteiger partial charge in [0, 0.05) is 34.4 Å². The zero-order valence-electron chi connectivity index (χ0n) is 21.4. The number of nitrogens with two attached hydrogens (primary N) is 1. The molecule has 3 N–H and O–H groups in total. The summed E-state index contributed by atoms with van der Waals surface area (Å²) in [6.45, 7) is 2.35.